The molecule has 1 aromatic carbocycles. The molecule has 1 aliphatic carbocycles. The van der Waals surface area contributed by atoms with Gasteiger partial charge in [-0.1, -0.05) is 23.8 Å². The molecular formula is C18H21N3O3. The highest BCUT2D eigenvalue weighted by molar-refractivity contribution is 5.89. The monoisotopic (exact) mass is 327 g/mol. The van der Waals surface area contributed by atoms with Crippen molar-refractivity contribution >= 4 is 5.91 Å². The third kappa shape index (κ3) is 3.82. The summed E-state index contributed by atoms with van der Waals surface area (Å²) in [6.45, 7) is 0.580. The first kappa shape index (κ1) is 16.2. The Morgan fingerprint density at radius 1 is 1.29 bits per heavy atom. The molecule has 0 atom stereocenters. The maximum atomic E-state index is 12.1. The number of hydrogen-bond acceptors (Lipinski definition) is 5. The molecule has 0 spiro atoms. The highest BCUT2D eigenvalue weighted by atomic mass is 16.5. The fraction of sp³-hybridized carbons (Fsp3) is 0.389. The molecule has 1 amide bonds. The van der Waals surface area contributed by atoms with Crippen LogP contribution in [-0.2, 0) is 0 Å². The van der Waals surface area contributed by atoms with Gasteiger partial charge in [-0.25, -0.2) is 0 Å². The van der Waals surface area contributed by atoms with E-state index in [0.717, 1.165) is 19.3 Å². The molecule has 24 heavy (non-hydrogen) atoms. The molecule has 0 unspecified atom stereocenters. The molecule has 0 saturated heterocycles. The van der Waals surface area contributed by atoms with E-state index in [1.807, 2.05) is 18.2 Å². The number of hydrogen-bond donors (Lipinski definition) is 1. The number of amides is 1. The van der Waals surface area contributed by atoms with Gasteiger partial charge < -0.3 is 14.5 Å². The zero-order chi connectivity index (χ0) is 16.8. The molecule has 0 fully saturated rings. The molecule has 1 aromatic heterocycles. The number of nitrogens with one attached hydrogen (secondary N) is 1. The predicted molar refractivity (Wildman–Crippen MR) is 89.8 cm³/mol. The number of ether oxygens (including phenoxy) is 1. The van der Waals surface area contributed by atoms with E-state index in [1.54, 1.807) is 13.2 Å². The van der Waals surface area contributed by atoms with Crippen LogP contribution < -0.4 is 10.1 Å². The highest BCUT2D eigenvalue weighted by Crippen LogP contribution is 2.28. The largest absolute Gasteiger partial charge is 0.496 e. The van der Waals surface area contributed by atoms with Gasteiger partial charge in [0.2, 0.25) is 0 Å². The Morgan fingerprint density at radius 2 is 2.17 bits per heavy atom. The fourth-order valence-electron chi connectivity index (χ4n) is 2.79. The second-order valence-electron chi connectivity index (χ2n) is 5.73. The van der Waals surface area contributed by atoms with Crippen LogP contribution in [0.2, 0.25) is 0 Å². The van der Waals surface area contributed by atoms with Gasteiger partial charge in [0, 0.05) is 6.54 Å². The maximum absolute atomic E-state index is 12.1. The van der Waals surface area contributed by atoms with Gasteiger partial charge in [0.15, 0.2) is 0 Å². The summed E-state index contributed by atoms with van der Waals surface area (Å²) in [5.74, 6) is 0.513. The number of nitrogens with zero attached hydrogens (tertiary/aromatic N) is 2. The normalized spacial score (nSPS) is 14.1. The Kier molecular flexibility index (Phi) is 5.25. The van der Waals surface area contributed by atoms with E-state index < -0.39 is 0 Å². The Hall–Kier alpha value is -2.63. The van der Waals surface area contributed by atoms with E-state index >= 15 is 0 Å². The quantitative estimate of drug-likeness (QED) is 0.823. The summed E-state index contributed by atoms with van der Waals surface area (Å²) in [4.78, 5) is 12.1. The van der Waals surface area contributed by atoms with Crippen molar-refractivity contribution in [2.45, 2.75) is 32.1 Å². The SMILES string of the molecule is COc1ccccc1-c1nnc(C(=O)NCCC2=CCCCC2)o1. The average molecular weight is 327 g/mol. The van der Waals surface area contributed by atoms with E-state index in [0.29, 0.717) is 17.9 Å². The van der Waals surface area contributed by atoms with Crippen molar-refractivity contribution in [1.82, 2.24) is 15.5 Å². The molecule has 0 aliphatic heterocycles. The summed E-state index contributed by atoms with van der Waals surface area (Å²) >= 11 is 0. The van der Waals surface area contributed by atoms with Crippen molar-refractivity contribution in [2.24, 2.45) is 0 Å². The smallest absolute Gasteiger partial charge is 0.308 e. The molecule has 2 aromatic rings. The van der Waals surface area contributed by atoms with E-state index in [2.05, 4.69) is 21.6 Å². The van der Waals surface area contributed by atoms with Crippen LogP contribution in [0.15, 0.2) is 40.3 Å². The summed E-state index contributed by atoms with van der Waals surface area (Å²) in [6.07, 6.45) is 7.94. The second kappa shape index (κ2) is 7.77. The summed E-state index contributed by atoms with van der Waals surface area (Å²) in [5, 5.41) is 10.6. The molecule has 1 aliphatic rings. The lowest BCUT2D eigenvalue weighted by Gasteiger charge is -2.12. The highest BCUT2D eigenvalue weighted by Gasteiger charge is 2.17. The summed E-state index contributed by atoms with van der Waals surface area (Å²) in [7, 11) is 1.57. The van der Waals surface area contributed by atoms with Gasteiger partial charge >= 0.3 is 11.8 Å². The molecule has 1 N–H and O–H groups in total. The van der Waals surface area contributed by atoms with Gasteiger partial charge in [-0.2, -0.15) is 0 Å². The molecule has 0 saturated carbocycles. The Labute approximate surface area is 140 Å². The van der Waals surface area contributed by atoms with Gasteiger partial charge in [-0.3, -0.25) is 4.79 Å². The minimum Gasteiger partial charge on any atom is -0.496 e. The van der Waals surface area contributed by atoms with Crippen LogP contribution in [0, 0.1) is 0 Å². The van der Waals surface area contributed by atoms with Gasteiger partial charge in [0.1, 0.15) is 5.75 Å². The first-order chi connectivity index (χ1) is 11.8. The molecule has 1 heterocycles. The Morgan fingerprint density at radius 3 is 2.96 bits per heavy atom. The molecule has 6 nitrogen and oxygen atoms in total. The standard InChI is InChI=1S/C18H21N3O3/c1-23-15-10-6-5-9-14(15)17-20-21-18(24-17)16(22)19-12-11-13-7-3-2-4-8-13/h5-7,9-10H,2-4,8,11-12H2,1H3,(H,19,22). The van der Waals surface area contributed by atoms with Crippen LogP contribution in [0.25, 0.3) is 11.5 Å². The van der Waals surface area contributed by atoms with Gasteiger partial charge in [0.25, 0.3) is 5.89 Å². The van der Waals surface area contributed by atoms with Crippen LogP contribution in [0.1, 0.15) is 42.8 Å². The fourth-order valence-corrected chi connectivity index (χ4v) is 2.79. The topological polar surface area (TPSA) is 77.2 Å². The first-order valence-corrected chi connectivity index (χ1v) is 8.21. The van der Waals surface area contributed by atoms with Gasteiger partial charge in [-0.15, -0.1) is 10.2 Å². The molecule has 0 radical (unpaired) electrons. The van der Waals surface area contributed by atoms with E-state index in [1.165, 1.54) is 18.4 Å². The Balaban J connectivity index is 1.60. The lowest BCUT2D eigenvalue weighted by molar-refractivity contribution is 0.0920. The zero-order valence-corrected chi connectivity index (χ0v) is 13.7. The zero-order valence-electron chi connectivity index (χ0n) is 13.7. The molecular weight excluding hydrogens is 306 g/mol. The number of carbonyl (C=O) groups is 1. The number of para-hydroxylation sites is 1. The predicted octanol–water partition coefficient (Wildman–Crippen LogP) is 3.37. The summed E-state index contributed by atoms with van der Waals surface area (Å²) in [6, 6.07) is 7.31. The molecule has 6 heteroatoms. The van der Waals surface area contributed by atoms with Gasteiger partial charge in [-0.05, 0) is 44.2 Å². The van der Waals surface area contributed by atoms with E-state index in [9.17, 15) is 4.79 Å². The summed E-state index contributed by atoms with van der Waals surface area (Å²) < 4.78 is 10.8. The van der Waals surface area contributed by atoms with Crippen LogP contribution >= 0.6 is 0 Å². The van der Waals surface area contributed by atoms with Gasteiger partial charge in [0.05, 0.1) is 12.7 Å². The van der Waals surface area contributed by atoms with Crippen LogP contribution in [0.4, 0.5) is 0 Å². The third-order valence-corrected chi connectivity index (χ3v) is 4.07. The average Bonchev–Trinajstić information content (AvgIpc) is 3.12. The van der Waals surface area contributed by atoms with Crippen LogP contribution in [0.3, 0.4) is 0 Å². The van der Waals surface area contributed by atoms with Crippen molar-refractivity contribution in [2.75, 3.05) is 13.7 Å². The Bertz CT molecular complexity index is 737. The minimum absolute atomic E-state index is 0.0338. The van der Waals surface area contributed by atoms with Crippen molar-refractivity contribution in [3.8, 4) is 17.2 Å². The maximum Gasteiger partial charge on any atom is 0.308 e. The summed E-state index contributed by atoms with van der Waals surface area (Å²) in [5.41, 5.74) is 2.08. The van der Waals surface area contributed by atoms with E-state index in [4.69, 9.17) is 9.15 Å². The van der Waals surface area contributed by atoms with Crippen LogP contribution in [-0.4, -0.2) is 29.8 Å². The number of carbonyl (C=O) groups excluding carboxylic acids is 1. The van der Waals surface area contributed by atoms with Crippen molar-refractivity contribution in [3.63, 3.8) is 0 Å². The van der Waals surface area contributed by atoms with E-state index in [-0.39, 0.29) is 17.7 Å². The van der Waals surface area contributed by atoms with Crippen molar-refractivity contribution in [3.05, 3.63) is 41.8 Å². The lowest BCUT2D eigenvalue weighted by Crippen LogP contribution is -2.25. The van der Waals surface area contributed by atoms with Crippen molar-refractivity contribution in [1.29, 1.82) is 0 Å². The van der Waals surface area contributed by atoms with Crippen molar-refractivity contribution < 1.29 is 13.9 Å². The number of aromatic nitrogens is 2. The lowest BCUT2D eigenvalue weighted by atomic mass is 9.97. The van der Waals surface area contributed by atoms with Crippen LogP contribution in [0.5, 0.6) is 5.75 Å². The third-order valence-electron chi connectivity index (χ3n) is 4.07. The number of allylic oxidation sites excluding steroid dienone is 1. The second-order valence-corrected chi connectivity index (χ2v) is 5.73. The molecule has 126 valence electrons. The first-order valence-electron chi connectivity index (χ1n) is 8.21. The number of benzene rings is 1. The number of rotatable bonds is 6. The minimum atomic E-state index is -0.347. The molecule has 3 rings (SSSR count). The number of methoxy groups -OCH3 is 1. The molecule has 0 bridgehead atoms.